The number of amides is 1. The molecule has 5 heteroatoms. The number of aryl methyl sites for hydroxylation is 1. The van der Waals surface area contributed by atoms with E-state index in [1.54, 1.807) is 12.2 Å². The number of aliphatic hydroxyl groups excluding tert-OH is 2. The fraction of sp³-hybridized carbons (Fsp3) is 0.538. The molecule has 1 aromatic rings. The van der Waals surface area contributed by atoms with Crippen molar-refractivity contribution in [1.29, 1.82) is 0 Å². The van der Waals surface area contributed by atoms with Crippen LogP contribution in [0, 0.1) is 11.8 Å². The Morgan fingerprint density at radius 3 is 2.71 bits per heavy atom. The smallest absolute Gasteiger partial charge is 0.220 e. The fourth-order valence-electron chi connectivity index (χ4n) is 4.11. The molecule has 4 atom stereocenters. The molecule has 1 amide bonds. The number of carbonyl (C=O) groups is 2. The predicted octanol–water partition coefficient (Wildman–Crippen LogP) is 3.50. The van der Waals surface area contributed by atoms with Gasteiger partial charge >= 0.3 is 0 Å². The van der Waals surface area contributed by atoms with Crippen molar-refractivity contribution in [2.24, 2.45) is 11.8 Å². The molecular formula is C26H35NO4. The molecule has 0 radical (unpaired) electrons. The topological polar surface area (TPSA) is 86.6 Å². The molecule has 2 aliphatic rings. The van der Waals surface area contributed by atoms with E-state index in [0.717, 1.165) is 32.1 Å². The summed E-state index contributed by atoms with van der Waals surface area (Å²) in [6.45, 7) is 0. The molecule has 2 fully saturated rings. The van der Waals surface area contributed by atoms with Gasteiger partial charge in [-0.2, -0.15) is 0 Å². The molecule has 0 aromatic heterocycles. The summed E-state index contributed by atoms with van der Waals surface area (Å²) in [5.41, 5.74) is 1.18. The second-order valence-corrected chi connectivity index (χ2v) is 8.85. The van der Waals surface area contributed by atoms with Crippen LogP contribution in [0.15, 0.2) is 54.6 Å². The molecule has 31 heavy (non-hydrogen) atoms. The van der Waals surface area contributed by atoms with Crippen molar-refractivity contribution in [1.82, 2.24) is 5.32 Å². The highest BCUT2D eigenvalue weighted by molar-refractivity contribution is 5.86. The minimum Gasteiger partial charge on any atom is -0.392 e. The van der Waals surface area contributed by atoms with E-state index in [2.05, 4.69) is 5.32 Å². The molecular weight excluding hydrogens is 390 g/mol. The maximum absolute atomic E-state index is 12.3. The van der Waals surface area contributed by atoms with E-state index < -0.39 is 12.2 Å². The number of nitrogens with one attached hydrogen (secondary N) is 1. The monoisotopic (exact) mass is 425 g/mol. The molecule has 2 aliphatic carbocycles. The Balaban J connectivity index is 1.40. The molecule has 3 N–H and O–H groups in total. The number of allylic oxidation sites excluding steroid dienone is 3. The van der Waals surface area contributed by atoms with Crippen molar-refractivity contribution >= 4 is 11.7 Å². The Morgan fingerprint density at radius 2 is 1.97 bits per heavy atom. The second-order valence-electron chi connectivity index (χ2n) is 8.85. The van der Waals surface area contributed by atoms with Crippen LogP contribution in [0.25, 0.3) is 0 Å². The zero-order chi connectivity index (χ0) is 22.1. The molecule has 0 saturated heterocycles. The molecule has 0 spiro atoms. The summed E-state index contributed by atoms with van der Waals surface area (Å²) in [5.74, 6) is -0.340. The van der Waals surface area contributed by atoms with Gasteiger partial charge in [-0.3, -0.25) is 9.59 Å². The maximum atomic E-state index is 12.3. The van der Waals surface area contributed by atoms with Crippen LogP contribution in [0.5, 0.6) is 0 Å². The number of benzene rings is 1. The Bertz CT molecular complexity index is 769. The van der Waals surface area contributed by atoms with Crippen molar-refractivity contribution in [3.05, 3.63) is 60.2 Å². The van der Waals surface area contributed by atoms with Gasteiger partial charge in [0.25, 0.3) is 0 Å². The number of carbonyl (C=O) groups excluding carboxylic acids is 2. The third kappa shape index (κ3) is 8.08. The molecule has 3 rings (SSSR count). The molecule has 0 bridgehead atoms. The SMILES string of the molecule is O=C(CCC/C=C\C[C@H]1[C@@H](O)CC(=O)[C@@H]1/C=C/[C@@H](O)CCc1ccccc1)NC1CC1. The van der Waals surface area contributed by atoms with E-state index in [1.165, 1.54) is 5.56 Å². The lowest BCUT2D eigenvalue weighted by Crippen LogP contribution is -2.24. The second kappa shape index (κ2) is 12.0. The van der Waals surface area contributed by atoms with E-state index in [0.29, 0.717) is 25.3 Å². The number of hydrogen-bond donors (Lipinski definition) is 3. The standard InChI is InChI=1S/C26H35NO4/c28-21(15-12-19-8-4-3-5-9-19)16-17-23-22(24(29)18-25(23)30)10-6-1-2-7-11-26(31)27-20-13-14-20/h1,3-6,8-9,16-17,20-24,28-29H,2,7,10-15,18H2,(H,27,31)/b6-1-,17-16+/t21-,22+,23+,24-/m0/s1. The van der Waals surface area contributed by atoms with Crippen LogP contribution in [-0.2, 0) is 16.0 Å². The zero-order valence-corrected chi connectivity index (χ0v) is 18.2. The summed E-state index contributed by atoms with van der Waals surface area (Å²) in [5, 5.41) is 23.6. The molecule has 168 valence electrons. The van der Waals surface area contributed by atoms with Crippen LogP contribution < -0.4 is 5.32 Å². The summed E-state index contributed by atoms with van der Waals surface area (Å²) in [6, 6.07) is 10.4. The number of hydrogen-bond acceptors (Lipinski definition) is 4. The first-order valence-electron chi connectivity index (χ1n) is 11.6. The molecule has 1 aromatic carbocycles. The van der Waals surface area contributed by atoms with Gasteiger partial charge in [0.05, 0.1) is 12.2 Å². The largest absolute Gasteiger partial charge is 0.392 e. The quantitative estimate of drug-likeness (QED) is 0.353. The van der Waals surface area contributed by atoms with Crippen molar-refractivity contribution in [3.63, 3.8) is 0 Å². The molecule has 0 heterocycles. The van der Waals surface area contributed by atoms with Gasteiger partial charge < -0.3 is 15.5 Å². The van der Waals surface area contributed by atoms with Crippen LogP contribution in [0.1, 0.15) is 56.9 Å². The van der Waals surface area contributed by atoms with Crippen LogP contribution in [0.4, 0.5) is 0 Å². The summed E-state index contributed by atoms with van der Waals surface area (Å²) in [4.78, 5) is 24.0. The number of ketones is 1. The molecule has 0 aliphatic heterocycles. The first-order chi connectivity index (χ1) is 15.0. The Hall–Kier alpha value is -2.24. The average Bonchev–Trinajstić information content (AvgIpc) is 3.52. The van der Waals surface area contributed by atoms with E-state index in [9.17, 15) is 19.8 Å². The summed E-state index contributed by atoms with van der Waals surface area (Å²) >= 11 is 0. The highest BCUT2D eigenvalue weighted by Gasteiger charge is 2.39. The van der Waals surface area contributed by atoms with Gasteiger partial charge in [0, 0.05) is 30.7 Å². The third-order valence-corrected chi connectivity index (χ3v) is 6.14. The fourth-order valence-corrected chi connectivity index (χ4v) is 4.11. The lowest BCUT2D eigenvalue weighted by atomic mass is 9.90. The number of rotatable bonds is 12. The van der Waals surface area contributed by atoms with Crippen LogP contribution in [-0.4, -0.2) is 40.2 Å². The lowest BCUT2D eigenvalue weighted by molar-refractivity contribution is -0.121. The van der Waals surface area contributed by atoms with Gasteiger partial charge in [-0.15, -0.1) is 0 Å². The maximum Gasteiger partial charge on any atom is 0.220 e. The minimum atomic E-state index is -0.641. The van der Waals surface area contributed by atoms with Gasteiger partial charge in [0.2, 0.25) is 5.91 Å². The summed E-state index contributed by atoms with van der Waals surface area (Å²) in [7, 11) is 0. The Kier molecular flexibility index (Phi) is 9.04. The van der Waals surface area contributed by atoms with Gasteiger partial charge in [-0.1, -0.05) is 54.6 Å². The average molecular weight is 426 g/mol. The van der Waals surface area contributed by atoms with Gasteiger partial charge in [0.1, 0.15) is 5.78 Å². The molecule has 0 unspecified atom stereocenters. The van der Waals surface area contributed by atoms with Crippen molar-refractivity contribution in [3.8, 4) is 0 Å². The van der Waals surface area contributed by atoms with Crippen molar-refractivity contribution in [2.75, 3.05) is 0 Å². The van der Waals surface area contributed by atoms with Crippen LogP contribution in [0.3, 0.4) is 0 Å². The Labute approximate surface area is 185 Å². The van der Waals surface area contributed by atoms with Gasteiger partial charge in [-0.25, -0.2) is 0 Å². The number of Topliss-reactive ketones (excluding diaryl/α,β-unsaturated/α-hetero) is 1. The highest BCUT2D eigenvalue weighted by atomic mass is 16.3. The van der Waals surface area contributed by atoms with Crippen molar-refractivity contribution in [2.45, 2.75) is 76.0 Å². The number of aliphatic hydroxyl groups is 2. The Morgan fingerprint density at radius 1 is 1.19 bits per heavy atom. The number of unbranched alkanes of at least 4 members (excludes halogenated alkanes) is 1. The first kappa shape index (κ1) is 23.4. The van der Waals surface area contributed by atoms with Crippen molar-refractivity contribution < 1.29 is 19.8 Å². The van der Waals surface area contributed by atoms with E-state index in [4.69, 9.17) is 0 Å². The molecule has 5 nitrogen and oxygen atoms in total. The summed E-state index contributed by atoms with van der Waals surface area (Å²) < 4.78 is 0. The molecule has 2 saturated carbocycles. The van der Waals surface area contributed by atoms with Gasteiger partial charge in [0.15, 0.2) is 0 Å². The van der Waals surface area contributed by atoms with E-state index in [-0.39, 0.29) is 29.9 Å². The third-order valence-electron chi connectivity index (χ3n) is 6.14. The van der Waals surface area contributed by atoms with Gasteiger partial charge in [-0.05, 0) is 50.5 Å². The minimum absolute atomic E-state index is 0.0363. The zero-order valence-electron chi connectivity index (χ0n) is 18.2. The highest BCUT2D eigenvalue weighted by Crippen LogP contribution is 2.33. The predicted molar refractivity (Wildman–Crippen MR) is 121 cm³/mol. The van der Waals surface area contributed by atoms with Crippen LogP contribution in [0.2, 0.25) is 0 Å². The van der Waals surface area contributed by atoms with Crippen LogP contribution >= 0.6 is 0 Å². The lowest BCUT2D eigenvalue weighted by Gasteiger charge is -2.17. The van der Waals surface area contributed by atoms with E-state index in [1.807, 2.05) is 42.5 Å². The first-order valence-corrected chi connectivity index (χ1v) is 11.6. The summed E-state index contributed by atoms with van der Waals surface area (Å²) in [6.07, 6.45) is 12.8. The van der Waals surface area contributed by atoms with E-state index >= 15 is 0 Å². The normalized spacial score (nSPS) is 24.8.